The lowest BCUT2D eigenvalue weighted by Gasteiger charge is -2.42. The van der Waals surface area contributed by atoms with E-state index in [-0.39, 0.29) is 12.0 Å². The van der Waals surface area contributed by atoms with Gasteiger partial charge in [0.2, 0.25) is 0 Å². The molecular formula is C17H23NO4. The van der Waals surface area contributed by atoms with Crippen LogP contribution in [-0.2, 0) is 16.1 Å². The standard InChI is InChI=1S/C17H23NO4/c1-17(9-6-10-17)11-14(15(19)20)18(16(21)22-2)12-13-7-4-3-5-8-13/h3-5,7-8,14H,6,9-12H2,1-2H3,(H,19,20). The number of rotatable bonds is 6. The van der Waals surface area contributed by atoms with E-state index in [1.165, 1.54) is 12.0 Å². The minimum Gasteiger partial charge on any atom is -0.480 e. The zero-order valence-electron chi connectivity index (χ0n) is 13.1. The fraction of sp³-hybridized carbons (Fsp3) is 0.529. The summed E-state index contributed by atoms with van der Waals surface area (Å²) in [6, 6.07) is 8.51. The minimum absolute atomic E-state index is 0.00597. The van der Waals surface area contributed by atoms with Crippen LogP contribution in [0.4, 0.5) is 4.79 Å². The number of amides is 1. The van der Waals surface area contributed by atoms with E-state index >= 15 is 0 Å². The van der Waals surface area contributed by atoms with Crippen LogP contribution < -0.4 is 0 Å². The van der Waals surface area contributed by atoms with E-state index in [0.29, 0.717) is 6.42 Å². The highest BCUT2D eigenvalue weighted by Gasteiger charge is 2.40. The van der Waals surface area contributed by atoms with E-state index in [4.69, 9.17) is 4.74 Å². The molecule has 1 unspecified atom stereocenters. The molecule has 1 aliphatic rings. The largest absolute Gasteiger partial charge is 0.480 e. The van der Waals surface area contributed by atoms with Crippen LogP contribution in [0.3, 0.4) is 0 Å². The van der Waals surface area contributed by atoms with E-state index in [0.717, 1.165) is 24.8 Å². The monoisotopic (exact) mass is 305 g/mol. The maximum absolute atomic E-state index is 12.1. The van der Waals surface area contributed by atoms with Crippen LogP contribution in [0.1, 0.15) is 38.2 Å². The maximum Gasteiger partial charge on any atom is 0.410 e. The molecule has 1 aromatic rings. The molecule has 120 valence electrons. The van der Waals surface area contributed by atoms with Gasteiger partial charge in [0.05, 0.1) is 7.11 Å². The predicted molar refractivity (Wildman–Crippen MR) is 82.4 cm³/mol. The van der Waals surface area contributed by atoms with Gasteiger partial charge in [-0.1, -0.05) is 43.7 Å². The normalized spacial score (nSPS) is 17.2. The van der Waals surface area contributed by atoms with Gasteiger partial charge in [0.15, 0.2) is 0 Å². The zero-order chi connectivity index (χ0) is 16.2. The molecule has 1 aromatic carbocycles. The van der Waals surface area contributed by atoms with Crippen LogP contribution in [0.15, 0.2) is 30.3 Å². The van der Waals surface area contributed by atoms with Gasteiger partial charge in [-0.25, -0.2) is 9.59 Å². The number of aliphatic carboxylic acids is 1. The number of ether oxygens (including phenoxy) is 1. The molecule has 0 spiro atoms. The van der Waals surface area contributed by atoms with Crippen molar-refractivity contribution < 1.29 is 19.4 Å². The molecule has 2 rings (SSSR count). The van der Waals surface area contributed by atoms with Crippen molar-refractivity contribution in [2.24, 2.45) is 5.41 Å². The van der Waals surface area contributed by atoms with Gasteiger partial charge in [-0.15, -0.1) is 0 Å². The van der Waals surface area contributed by atoms with Crippen molar-refractivity contribution in [2.45, 2.75) is 45.2 Å². The molecule has 5 heteroatoms. The second-order valence-electron chi connectivity index (χ2n) is 6.31. The van der Waals surface area contributed by atoms with Crippen LogP contribution >= 0.6 is 0 Å². The van der Waals surface area contributed by atoms with Crippen LogP contribution in [0.5, 0.6) is 0 Å². The van der Waals surface area contributed by atoms with Crippen LogP contribution in [0, 0.1) is 5.41 Å². The van der Waals surface area contributed by atoms with Gasteiger partial charge in [-0.2, -0.15) is 0 Å². The Balaban J connectivity index is 2.20. The fourth-order valence-corrected chi connectivity index (χ4v) is 2.98. The highest BCUT2D eigenvalue weighted by atomic mass is 16.5. The lowest BCUT2D eigenvalue weighted by Crippen LogP contribution is -2.48. The molecule has 0 bridgehead atoms. The van der Waals surface area contributed by atoms with Crippen LogP contribution in [0.2, 0.25) is 0 Å². The number of carboxylic acid groups (broad SMARTS) is 1. The second-order valence-corrected chi connectivity index (χ2v) is 6.31. The lowest BCUT2D eigenvalue weighted by atomic mass is 9.66. The molecule has 0 heterocycles. The van der Waals surface area contributed by atoms with Crippen molar-refractivity contribution >= 4 is 12.1 Å². The summed E-state index contributed by atoms with van der Waals surface area (Å²) in [6.07, 6.45) is 3.01. The van der Waals surface area contributed by atoms with Crippen molar-refractivity contribution in [3.05, 3.63) is 35.9 Å². The maximum atomic E-state index is 12.1. The lowest BCUT2D eigenvalue weighted by molar-refractivity contribution is -0.144. The zero-order valence-corrected chi connectivity index (χ0v) is 13.1. The van der Waals surface area contributed by atoms with Gasteiger partial charge >= 0.3 is 12.1 Å². The summed E-state index contributed by atoms with van der Waals surface area (Å²) in [5, 5.41) is 9.60. The first-order chi connectivity index (χ1) is 10.4. The highest BCUT2D eigenvalue weighted by molar-refractivity contribution is 5.80. The summed E-state index contributed by atoms with van der Waals surface area (Å²) in [5.41, 5.74) is 0.893. The van der Waals surface area contributed by atoms with Gasteiger partial charge in [0, 0.05) is 6.54 Å². The fourth-order valence-electron chi connectivity index (χ4n) is 2.98. The molecule has 1 amide bonds. The predicted octanol–water partition coefficient (Wildman–Crippen LogP) is 3.29. The SMILES string of the molecule is COC(=O)N(Cc1ccccc1)C(CC1(C)CCC1)C(=O)O. The first-order valence-electron chi connectivity index (χ1n) is 7.56. The van der Waals surface area contributed by atoms with E-state index in [1.54, 1.807) is 0 Å². The van der Waals surface area contributed by atoms with Gasteiger partial charge in [0.25, 0.3) is 0 Å². The third-order valence-corrected chi connectivity index (χ3v) is 4.51. The average Bonchev–Trinajstić information content (AvgIpc) is 2.49. The smallest absolute Gasteiger partial charge is 0.410 e. The molecule has 1 fully saturated rings. The first kappa shape index (κ1) is 16.3. The molecule has 0 saturated heterocycles. The van der Waals surface area contributed by atoms with Crippen molar-refractivity contribution in [3.8, 4) is 0 Å². The topological polar surface area (TPSA) is 66.8 Å². The Morgan fingerprint density at radius 2 is 1.95 bits per heavy atom. The summed E-state index contributed by atoms with van der Waals surface area (Å²) >= 11 is 0. The third kappa shape index (κ3) is 3.78. The number of carbonyl (C=O) groups is 2. The number of carboxylic acids is 1. The van der Waals surface area contributed by atoms with Gasteiger partial charge in [0.1, 0.15) is 6.04 Å². The summed E-state index contributed by atoms with van der Waals surface area (Å²) < 4.78 is 4.81. The van der Waals surface area contributed by atoms with E-state index < -0.39 is 18.1 Å². The highest BCUT2D eigenvalue weighted by Crippen LogP contribution is 2.45. The summed E-state index contributed by atoms with van der Waals surface area (Å²) in [6.45, 7) is 2.32. The first-order valence-corrected chi connectivity index (χ1v) is 7.56. The number of methoxy groups -OCH3 is 1. The molecule has 1 N–H and O–H groups in total. The molecular weight excluding hydrogens is 282 g/mol. The minimum atomic E-state index is -0.977. The Labute approximate surface area is 130 Å². The molecule has 0 radical (unpaired) electrons. The van der Waals surface area contributed by atoms with Crippen LogP contribution in [0.25, 0.3) is 0 Å². The van der Waals surface area contributed by atoms with Crippen molar-refractivity contribution in [3.63, 3.8) is 0 Å². The Morgan fingerprint density at radius 1 is 1.32 bits per heavy atom. The number of nitrogens with zero attached hydrogens (tertiary/aromatic N) is 1. The molecule has 22 heavy (non-hydrogen) atoms. The van der Waals surface area contributed by atoms with Crippen molar-refractivity contribution in [1.29, 1.82) is 0 Å². The molecule has 1 saturated carbocycles. The van der Waals surface area contributed by atoms with E-state index in [9.17, 15) is 14.7 Å². The molecule has 5 nitrogen and oxygen atoms in total. The Bertz CT molecular complexity index is 525. The van der Waals surface area contributed by atoms with Gasteiger partial charge in [-0.3, -0.25) is 4.90 Å². The molecule has 0 aliphatic heterocycles. The third-order valence-electron chi connectivity index (χ3n) is 4.51. The average molecular weight is 305 g/mol. The summed E-state index contributed by atoms with van der Waals surface area (Å²) in [7, 11) is 1.28. The second kappa shape index (κ2) is 6.81. The number of hydrogen-bond donors (Lipinski definition) is 1. The molecule has 1 aliphatic carbocycles. The van der Waals surface area contributed by atoms with Crippen molar-refractivity contribution in [1.82, 2.24) is 4.90 Å². The Kier molecular flexibility index (Phi) is 5.06. The quantitative estimate of drug-likeness (QED) is 0.875. The van der Waals surface area contributed by atoms with Crippen LogP contribution in [-0.4, -0.2) is 35.2 Å². The van der Waals surface area contributed by atoms with Gasteiger partial charge in [-0.05, 0) is 30.2 Å². The number of hydrogen-bond acceptors (Lipinski definition) is 3. The van der Waals surface area contributed by atoms with E-state index in [2.05, 4.69) is 6.92 Å². The summed E-state index contributed by atoms with van der Waals surface area (Å²) in [5.74, 6) is -0.977. The van der Waals surface area contributed by atoms with Crippen molar-refractivity contribution in [2.75, 3.05) is 7.11 Å². The Morgan fingerprint density at radius 3 is 2.41 bits per heavy atom. The van der Waals surface area contributed by atoms with E-state index in [1.807, 2.05) is 30.3 Å². The number of benzene rings is 1. The Hall–Kier alpha value is -2.04. The molecule has 1 atom stereocenters. The number of carbonyl (C=O) groups excluding carboxylic acids is 1. The van der Waals surface area contributed by atoms with Gasteiger partial charge < -0.3 is 9.84 Å². The molecule has 0 aromatic heterocycles. The summed E-state index contributed by atoms with van der Waals surface area (Å²) in [4.78, 5) is 25.1.